The lowest BCUT2D eigenvalue weighted by atomic mass is 10.0. The number of phenols is 1. The monoisotopic (exact) mass is 1010 g/mol. The molecule has 13 nitrogen and oxygen atoms in total. The van der Waals surface area contributed by atoms with Crippen molar-refractivity contribution in [3.63, 3.8) is 0 Å². The highest BCUT2D eigenvalue weighted by atomic mass is 32.2. The first-order valence-electron chi connectivity index (χ1n) is 22.1. The lowest BCUT2D eigenvalue weighted by Crippen LogP contribution is -2.11. The van der Waals surface area contributed by atoms with Crippen molar-refractivity contribution >= 4 is 55.7 Å². The van der Waals surface area contributed by atoms with E-state index in [9.17, 15) is 31.5 Å². The number of aryl methyl sites for hydroxylation is 2. The number of rotatable bonds is 26. The Morgan fingerprint density at radius 3 is 1.51 bits per heavy atom. The molecule has 6 aromatic rings. The van der Waals surface area contributed by atoms with E-state index in [-0.39, 0.29) is 48.6 Å². The summed E-state index contributed by atoms with van der Waals surface area (Å²) in [5.41, 5.74) is 5.03. The molecule has 0 aromatic heterocycles. The van der Waals surface area contributed by atoms with Gasteiger partial charge in [0.1, 0.15) is 40.2 Å². The van der Waals surface area contributed by atoms with Crippen LogP contribution in [0.3, 0.4) is 0 Å². The molecule has 0 bridgehead atoms. The highest BCUT2D eigenvalue weighted by Gasteiger charge is 2.17. The molecular weight excluding hydrogens is 961 g/mol. The van der Waals surface area contributed by atoms with Gasteiger partial charge in [0.2, 0.25) is 0 Å². The number of carbonyl (C=O) groups is 2. The summed E-state index contributed by atoms with van der Waals surface area (Å²) in [4.78, 5) is 27.7. The van der Waals surface area contributed by atoms with Gasteiger partial charge in [-0.2, -0.15) is 16.8 Å². The van der Waals surface area contributed by atoms with Crippen molar-refractivity contribution in [2.24, 2.45) is 0 Å². The van der Waals surface area contributed by atoms with Crippen LogP contribution < -0.4 is 27.3 Å². The van der Waals surface area contributed by atoms with Gasteiger partial charge in [0.25, 0.3) is 0 Å². The molecule has 0 fully saturated rings. The van der Waals surface area contributed by atoms with Crippen LogP contribution in [0.15, 0.2) is 143 Å². The average Bonchev–Trinajstić information content (AvgIpc) is 3.31. The summed E-state index contributed by atoms with van der Waals surface area (Å²) < 4.78 is 79.1. The fraction of sp³-hybridized carbons (Fsp3) is 0.269. The van der Waals surface area contributed by atoms with Gasteiger partial charge in [0, 0.05) is 35.7 Å². The third kappa shape index (κ3) is 18.0. The predicted octanol–water partition coefficient (Wildman–Crippen LogP) is 9.84. The Bertz CT molecular complexity index is 2850. The zero-order chi connectivity index (χ0) is 49.2. The largest absolute Gasteiger partial charge is 0.508 e. The molecule has 0 saturated carbocycles. The first kappa shape index (κ1) is 52.2. The number of para-hydroxylation sites is 1. The van der Waals surface area contributed by atoms with Crippen molar-refractivity contribution in [3.05, 3.63) is 161 Å². The SMILES string of the molecule is CCC(=O)Oc1c(CCOc2ccc(OS(C)(=O)=O)cc2)cccc1SCCc1ccc(OC(=O)CCc2c(CCOc3ccc(OS(C)(=O)=O)cc3)cccc2SCCc2ccc(O)cc2)cc1. The molecule has 0 aliphatic rings. The van der Waals surface area contributed by atoms with Crippen molar-refractivity contribution in [3.8, 4) is 40.2 Å². The van der Waals surface area contributed by atoms with E-state index in [0.717, 1.165) is 62.3 Å². The summed E-state index contributed by atoms with van der Waals surface area (Å²) >= 11 is 3.27. The number of esters is 2. The van der Waals surface area contributed by atoms with E-state index >= 15 is 0 Å². The average molecular weight is 1020 g/mol. The Balaban J connectivity index is 1.02. The van der Waals surface area contributed by atoms with E-state index in [1.807, 2.05) is 54.6 Å². The molecule has 0 unspecified atom stereocenters. The summed E-state index contributed by atoms with van der Waals surface area (Å²) in [5, 5.41) is 9.70. The van der Waals surface area contributed by atoms with Gasteiger partial charge in [0.05, 0.1) is 37.0 Å². The molecule has 0 aliphatic heterocycles. The number of ether oxygens (including phenoxy) is 4. The number of thioether (sulfide) groups is 2. The van der Waals surface area contributed by atoms with Gasteiger partial charge in [-0.1, -0.05) is 55.5 Å². The molecule has 6 rings (SSSR count). The van der Waals surface area contributed by atoms with Crippen LogP contribution in [0.2, 0.25) is 0 Å². The summed E-state index contributed by atoms with van der Waals surface area (Å²) in [6.07, 6.45) is 5.29. The molecule has 0 aliphatic carbocycles. The summed E-state index contributed by atoms with van der Waals surface area (Å²) in [7, 11) is -7.28. The standard InChI is InChI=1S/C52H54O13S4/c1-4-50(54)63-52-40(30-34-61-43-21-25-46(26-22-43)65-69(3,58)59)8-6-10-49(52)67-36-32-38-13-17-44(18-14-38)62-51(55)28-27-47-39(29-33-60-42-19-23-45(24-20-42)64-68(2,56)57)7-5-9-48(47)66-35-31-37-11-15-41(53)16-12-37/h5-26,53H,4,27-36H2,1-3H3. The van der Waals surface area contributed by atoms with Crippen molar-refractivity contribution < 1.29 is 58.8 Å². The van der Waals surface area contributed by atoms with Gasteiger partial charge in [-0.15, -0.1) is 23.5 Å². The minimum Gasteiger partial charge on any atom is -0.508 e. The van der Waals surface area contributed by atoms with Gasteiger partial charge in [-0.05, 0) is 132 Å². The first-order valence-corrected chi connectivity index (χ1v) is 27.7. The van der Waals surface area contributed by atoms with Crippen molar-refractivity contribution in [1.82, 2.24) is 0 Å². The van der Waals surface area contributed by atoms with Crippen LogP contribution in [0, 0.1) is 0 Å². The van der Waals surface area contributed by atoms with Gasteiger partial charge in [-0.25, -0.2) is 0 Å². The van der Waals surface area contributed by atoms with Crippen LogP contribution in [0.1, 0.15) is 47.6 Å². The summed E-state index contributed by atoms with van der Waals surface area (Å²) in [5.74, 6) is 3.40. The molecule has 0 atom stereocenters. The fourth-order valence-corrected chi connectivity index (χ4v) is 9.98. The predicted molar refractivity (Wildman–Crippen MR) is 268 cm³/mol. The number of hydrogen-bond donors (Lipinski definition) is 1. The second kappa shape index (κ2) is 25.5. The van der Waals surface area contributed by atoms with E-state index in [0.29, 0.717) is 61.0 Å². The maximum Gasteiger partial charge on any atom is 0.311 e. The summed E-state index contributed by atoms with van der Waals surface area (Å²) in [6.45, 7) is 2.37. The molecule has 0 radical (unpaired) electrons. The van der Waals surface area contributed by atoms with Crippen molar-refractivity contribution in [2.45, 2.75) is 61.7 Å². The van der Waals surface area contributed by atoms with Crippen LogP contribution in [0.5, 0.6) is 40.2 Å². The number of benzene rings is 6. The van der Waals surface area contributed by atoms with Gasteiger partial charge in [0.15, 0.2) is 0 Å². The lowest BCUT2D eigenvalue weighted by Gasteiger charge is -2.16. The number of aromatic hydroxyl groups is 1. The third-order valence-electron chi connectivity index (χ3n) is 10.2. The molecule has 6 aromatic carbocycles. The first-order chi connectivity index (χ1) is 33.1. The Hall–Kier alpha value is -6.14. The van der Waals surface area contributed by atoms with Crippen LogP contribution in [-0.4, -0.2) is 71.1 Å². The van der Waals surface area contributed by atoms with E-state index in [2.05, 4.69) is 6.07 Å². The number of hydrogen-bond acceptors (Lipinski definition) is 15. The van der Waals surface area contributed by atoms with Gasteiger partial charge in [-0.3, -0.25) is 9.59 Å². The maximum absolute atomic E-state index is 13.3. The van der Waals surface area contributed by atoms with Crippen molar-refractivity contribution in [1.29, 1.82) is 0 Å². The van der Waals surface area contributed by atoms with Crippen LogP contribution in [-0.2, 0) is 61.9 Å². The molecule has 0 heterocycles. The second-order valence-electron chi connectivity index (χ2n) is 15.7. The molecule has 17 heteroatoms. The normalized spacial score (nSPS) is 11.4. The number of carbonyl (C=O) groups excluding carboxylic acids is 2. The molecule has 0 spiro atoms. The van der Waals surface area contributed by atoms with Crippen LogP contribution >= 0.6 is 23.5 Å². The van der Waals surface area contributed by atoms with Crippen molar-refractivity contribution in [2.75, 3.05) is 37.2 Å². The Morgan fingerprint density at radius 1 is 0.507 bits per heavy atom. The summed E-state index contributed by atoms with van der Waals surface area (Å²) in [6, 6.07) is 39.1. The molecule has 0 amide bonds. The molecule has 0 saturated heterocycles. The fourth-order valence-electron chi connectivity index (χ4n) is 6.88. The van der Waals surface area contributed by atoms with E-state index < -0.39 is 20.2 Å². The Morgan fingerprint density at radius 2 is 0.971 bits per heavy atom. The van der Waals surface area contributed by atoms with Gasteiger partial charge < -0.3 is 32.4 Å². The maximum atomic E-state index is 13.3. The number of phenolic OH excluding ortho intramolecular Hbond substituents is 1. The minimum absolute atomic E-state index is 0.148. The third-order valence-corrected chi connectivity index (χ3v) is 13.3. The highest BCUT2D eigenvalue weighted by molar-refractivity contribution is 7.99. The minimum atomic E-state index is -3.64. The molecule has 364 valence electrons. The second-order valence-corrected chi connectivity index (χ2v) is 21.1. The van der Waals surface area contributed by atoms with E-state index in [4.69, 9.17) is 27.3 Å². The quantitative estimate of drug-likeness (QED) is 0.0235. The molecule has 1 N–H and O–H groups in total. The van der Waals surface area contributed by atoms with Crippen LogP contribution in [0.25, 0.3) is 0 Å². The van der Waals surface area contributed by atoms with Crippen LogP contribution in [0.4, 0.5) is 0 Å². The Labute approximate surface area is 412 Å². The van der Waals surface area contributed by atoms with E-state index in [1.54, 1.807) is 79.0 Å². The van der Waals surface area contributed by atoms with E-state index in [1.165, 1.54) is 24.3 Å². The molecular formula is C52H54O13S4. The smallest absolute Gasteiger partial charge is 0.311 e. The van der Waals surface area contributed by atoms with Gasteiger partial charge >= 0.3 is 32.2 Å². The Kier molecular flexibility index (Phi) is 19.3. The highest BCUT2D eigenvalue weighted by Crippen LogP contribution is 2.35. The molecule has 69 heavy (non-hydrogen) atoms. The lowest BCUT2D eigenvalue weighted by molar-refractivity contribution is -0.135. The zero-order valence-electron chi connectivity index (χ0n) is 38.5. The topological polar surface area (TPSA) is 178 Å². The zero-order valence-corrected chi connectivity index (χ0v) is 41.7.